The molecule has 1 aromatic rings. The van der Waals surface area contributed by atoms with Crippen LogP contribution >= 0.6 is 0 Å². The van der Waals surface area contributed by atoms with Crippen LogP contribution in [0.5, 0.6) is 0 Å². The van der Waals surface area contributed by atoms with Gasteiger partial charge in [-0.25, -0.2) is 0 Å². The summed E-state index contributed by atoms with van der Waals surface area (Å²) in [6.45, 7) is 2.16. The number of allylic oxidation sites excluding steroid dienone is 8. The van der Waals surface area contributed by atoms with E-state index in [-0.39, 0.29) is 0 Å². The Morgan fingerprint density at radius 2 is 1.53 bits per heavy atom. The minimum atomic E-state index is 0.527. The van der Waals surface area contributed by atoms with Crippen molar-refractivity contribution in [2.24, 2.45) is 11.8 Å². The summed E-state index contributed by atoms with van der Waals surface area (Å²) >= 11 is 0. The standard InChI is InChI=1S/C17H16/c1-13-7-8-17-12-16(10-9-15(17)11-13)14-5-3-2-4-6-14/h2-12,15,17H,1H3. The number of benzene rings is 1. The summed E-state index contributed by atoms with van der Waals surface area (Å²) in [5.74, 6) is 1.08. The van der Waals surface area contributed by atoms with Crippen LogP contribution in [0.1, 0.15) is 12.5 Å². The highest BCUT2D eigenvalue weighted by Gasteiger charge is 2.19. The third-order valence-electron chi connectivity index (χ3n) is 3.46. The van der Waals surface area contributed by atoms with Crippen molar-refractivity contribution in [1.82, 2.24) is 0 Å². The first-order valence-electron chi connectivity index (χ1n) is 6.15. The Morgan fingerprint density at radius 3 is 2.35 bits per heavy atom. The van der Waals surface area contributed by atoms with E-state index >= 15 is 0 Å². The van der Waals surface area contributed by atoms with Crippen molar-refractivity contribution in [2.45, 2.75) is 6.92 Å². The van der Waals surface area contributed by atoms with E-state index in [0.717, 1.165) is 0 Å². The van der Waals surface area contributed by atoms with Gasteiger partial charge in [0.1, 0.15) is 0 Å². The summed E-state index contributed by atoms with van der Waals surface area (Å²) in [6.07, 6.45) is 13.8. The molecule has 0 saturated heterocycles. The van der Waals surface area contributed by atoms with E-state index in [4.69, 9.17) is 0 Å². The predicted octanol–water partition coefficient (Wildman–Crippen LogP) is 4.39. The first kappa shape index (κ1) is 10.3. The lowest BCUT2D eigenvalue weighted by molar-refractivity contribution is 0.657. The molecule has 0 spiro atoms. The highest BCUT2D eigenvalue weighted by molar-refractivity contribution is 5.75. The van der Waals surface area contributed by atoms with Gasteiger partial charge in [-0.3, -0.25) is 0 Å². The van der Waals surface area contributed by atoms with Crippen molar-refractivity contribution < 1.29 is 0 Å². The lowest BCUT2D eigenvalue weighted by Gasteiger charge is -2.24. The predicted molar refractivity (Wildman–Crippen MR) is 73.4 cm³/mol. The van der Waals surface area contributed by atoms with E-state index in [9.17, 15) is 0 Å². The van der Waals surface area contributed by atoms with Gasteiger partial charge in [0.05, 0.1) is 0 Å². The van der Waals surface area contributed by atoms with Gasteiger partial charge in [0.25, 0.3) is 0 Å². The van der Waals surface area contributed by atoms with Crippen molar-refractivity contribution in [1.29, 1.82) is 0 Å². The molecule has 2 unspecified atom stereocenters. The topological polar surface area (TPSA) is 0 Å². The molecule has 0 aromatic heterocycles. The van der Waals surface area contributed by atoms with E-state index in [1.165, 1.54) is 16.7 Å². The van der Waals surface area contributed by atoms with Gasteiger partial charge >= 0.3 is 0 Å². The fourth-order valence-corrected chi connectivity index (χ4v) is 2.51. The molecule has 0 bridgehead atoms. The van der Waals surface area contributed by atoms with Gasteiger partial charge in [-0.15, -0.1) is 0 Å². The first-order valence-corrected chi connectivity index (χ1v) is 6.15. The Labute approximate surface area is 103 Å². The van der Waals surface area contributed by atoms with Gasteiger partial charge in [-0.05, 0) is 18.1 Å². The Kier molecular flexibility index (Phi) is 2.56. The molecule has 2 atom stereocenters. The molecular weight excluding hydrogens is 204 g/mol. The fraction of sp³-hybridized carbons (Fsp3) is 0.176. The lowest BCUT2D eigenvalue weighted by atomic mass is 9.80. The third-order valence-corrected chi connectivity index (χ3v) is 3.46. The maximum Gasteiger partial charge on any atom is 0.00569 e. The van der Waals surface area contributed by atoms with Gasteiger partial charge in [0.15, 0.2) is 0 Å². The molecule has 0 N–H and O–H groups in total. The van der Waals surface area contributed by atoms with E-state index in [1.54, 1.807) is 0 Å². The highest BCUT2D eigenvalue weighted by atomic mass is 14.2. The summed E-state index contributed by atoms with van der Waals surface area (Å²) in [7, 11) is 0. The molecule has 1 aromatic carbocycles. The number of rotatable bonds is 1. The smallest absolute Gasteiger partial charge is 0.00569 e. The molecule has 0 aliphatic heterocycles. The maximum atomic E-state index is 2.37. The van der Waals surface area contributed by atoms with Crippen LogP contribution in [0, 0.1) is 11.8 Å². The van der Waals surface area contributed by atoms with Gasteiger partial charge in [-0.1, -0.05) is 72.4 Å². The van der Waals surface area contributed by atoms with Crippen LogP contribution in [-0.2, 0) is 0 Å². The van der Waals surface area contributed by atoms with E-state index in [1.807, 2.05) is 0 Å². The van der Waals surface area contributed by atoms with Crippen molar-refractivity contribution in [3.8, 4) is 0 Å². The van der Waals surface area contributed by atoms with Gasteiger partial charge in [-0.2, -0.15) is 0 Å². The molecule has 84 valence electrons. The average Bonchev–Trinajstić information content (AvgIpc) is 2.39. The fourth-order valence-electron chi connectivity index (χ4n) is 2.51. The van der Waals surface area contributed by atoms with E-state index in [2.05, 4.69) is 73.7 Å². The Morgan fingerprint density at radius 1 is 0.824 bits per heavy atom. The van der Waals surface area contributed by atoms with Crippen LogP contribution in [0.3, 0.4) is 0 Å². The molecule has 0 nitrogen and oxygen atoms in total. The summed E-state index contributed by atoms with van der Waals surface area (Å²) in [4.78, 5) is 0. The van der Waals surface area contributed by atoms with Crippen LogP contribution in [0.4, 0.5) is 0 Å². The Bertz CT molecular complexity index is 526. The lowest BCUT2D eigenvalue weighted by Crippen LogP contribution is -2.12. The zero-order valence-corrected chi connectivity index (χ0v) is 10.0. The zero-order valence-electron chi connectivity index (χ0n) is 10.0. The SMILES string of the molecule is CC1=CC2C=CC(c3ccccc3)=CC2C=C1. The Hall–Kier alpha value is -1.82. The molecule has 0 saturated carbocycles. The Balaban J connectivity index is 1.92. The van der Waals surface area contributed by atoms with Crippen LogP contribution < -0.4 is 0 Å². The largest absolute Gasteiger partial charge is 0.0764 e. The summed E-state index contributed by atoms with van der Waals surface area (Å²) < 4.78 is 0. The molecule has 0 amide bonds. The molecule has 0 heteroatoms. The second-order valence-electron chi connectivity index (χ2n) is 4.77. The molecule has 3 rings (SSSR count). The van der Waals surface area contributed by atoms with Crippen molar-refractivity contribution in [3.05, 3.63) is 77.9 Å². The molecule has 0 radical (unpaired) electrons. The van der Waals surface area contributed by atoms with Gasteiger partial charge in [0.2, 0.25) is 0 Å². The van der Waals surface area contributed by atoms with Gasteiger partial charge in [0, 0.05) is 11.8 Å². The van der Waals surface area contributed by atoms with Crippen LogP contribution in [0.25, 0.3) is 5.57 Å². The molecule has 17 heavy (non-hydrogen) atoms. The molecular formula is C17H16. The maximum absolute atomic E-state index is 2.37. The second-order valence-corrected chi connectivity index (χ2v) is 4.77. The minimum absolute atomic E-state index is 0.527. The van der Waals surface area contributed by atoms with Crippen molar-refractivity contribution in [2.75, 3.05) is 0 Å². The quantitative estimate of drug-likeness (QED) is 0.658. The molecule has 0 heterocycles. The second kappa shape index (κ2) is 4.21. The van der Waals surface area contributed by atoms with Gasteiger partial charge < -0.3 is 0 Å². The van der Waals surface area contributed by atoms with Crippen molar-refractivity contribution in [3.63, 3.8) is 0 Å². The highest BCUT2D eigenvalue weighted by Crippen LogP contribution is 2.33. The van der Waals surface area contributed by atoms with Crippen molar-refractivity contribution >= 4 is 5.57 Å². The monoisotopic (exact) mass is 220 g/mol. The average molecular weight is 220 g/mol. The molecule has 0 fully saturated rings. The zero-order chi connectivity index (χ0) is 11.7. The number of hydrogen-bond acceptors (Lipinski definition) is 0. The molecule has 2 aliphatic rings. The third kappa shape index (κ3) is 2.03. The summed E-state index contributed by atoms with van der Waals surface area (Å²) in [6, 6.07) is 10.6. The van der Waals surface area contributed by atoms with E-state index in [0.29, 0.717) is 11.8 Å². The first-order chi connectivity index (χ1) is 8.33. The summed E-state index contributed by atoms with van der Waals surface area (Å²) in [5.41, 5.74) is 4.01. The van der Waals surface area contributed by atoms with Crippen LogP contribution in [-0.4, -0.2) is 0 Å². The number of hydrogen-bond donors (Lipinski definition) is 0. The van der Waals surface area contributed by atoms with Crippen LogP contribution in [0.15, 0.2) is 72.4 Å². The van der Waals surface area contributed by atoms with Crippen LogP contribution in [0.2, 0.25) is 0 Å². The number of fused-ring (bicyclic) bond motifs is 1. The molecule has 2 aliphatic carbocycles. The minimum Gasteiger partial charge on any atom is -0.0764 e. The normalized spacial score (nSPS) is 26.2. The van der Waals surface area contributed by atoms with E-state index < -0.39 is 0 Å². The summed E-state index contributed by atoms with van der Waals surface area (Å²) in [5, 5.41) is 0.